The summed E-state index contributed by atoms with van der Waals surface area (Å²) in [5.41, 5.74) is 7.12. The lowest BCUT2D eigenvalue weighted by Gasteiger charge is -2.04. The predicted molar refractivity (Wildman–Crippen MR) is 66.6 cm³/mol. The fourth-order valence-electron chi connectivity index (χ4n) is 1.47. The van der Waals surface area contributed by atoms with Crippen LogP contribution in [0, 0.1) is 0 Å². The van der Waals surface area contributed by atoms with Crippen LogP contribution in [0.2, 0.25) is 0 Å². The Morgan fingerprint density at radius 2 is 1.65 bits per heavy atom. The van der Waals surface area contributed by atoms with Crippen LogP contribution >= 0.6 is 0 Å². The maximum atomic E-state index is 11.6. The topological polar surface area (TPSA) is 52.3 Å². The van der Waals surface area contributed by atoms with E-state index in [0.29, 0.717) is 11.4 Å². The van der Waals surface area contributed by atoms with E-state index >= 15 is 0 Å². The molecule has 0 radical (unpaired) electrons. The van der Waals surface area contributed by atoms with Crippen LogP contribution in [-0.2, 0) is 11.2 Å². The van der Waals surface area contributed by atoms with E-state index in [1.54, 1.807) is 24.3 Å². The van der Waals surface area contributed by atoms with Crippen molar-refractivity contribution in [1.29, 1.82) is 0 Å². The first-order chi connectivity index (χ1) is 8.24. The van der Waals surface area contributed by atoms with Gasteiger partial charge in [-0.05, 0) is 29.8 Å². The highest BCUT2D eigenvalue weighted by Crippen LogP contribution is 2.14. The van der Waals surface area contributed by atoms with Crippen LogP contribution in [0.4, 0.5) is 5.69 Å². The van der Waals surface area contributed by atoms with Crippen LogP contribution in [0.1, 0.15) is 5.56 Å². The molecule has 0 aliphatic heterocycles. The average molecular weight is 227 g/mol. The fourth-order valence-corrected chi connectivity index (χ4v) is 1.47. The van der Waals surface area contributed by atoms with E-state index in [-0.39, 0.29) is 12.4 Å². The van der Waals surface area contributed by atoms with Crippen molar-refractivity contribution in [2.75, 3.05) is 5.73 Å². The number of carbonyl (C=O) groups is 1. The first kappa shape index (κ1) is 11.2. The molecule has 0 atom stereocenters. The maximum Gasteiger partial charge on any atom is 0.315 e. The molecule has 0 aliphatic rings. The van der Waals surface area contributed by atoms with Crippen molar-refractivity contribution in [3.8, 4) is 5.75 Å². The maximum absolute atomic E-state index is 11.6. The lowest BCUT2D eigenvalue weighted by molar-refractivity contribution is -0.133. The first-order valence-corrected chi connectivity index (χ1v) is 5.34. The molecule has 0 fully saturated rings. The zero-order chi connectivity index (χ0) is 12.1. The largest absolute Gasteiger partial charge is 0.426 e. The number of ether oxygens (including phenoxy) is 1. The minimum Gasteiger partial charge on any atom is -0.426 e. The third kappa shape index (κ3) is 3.34. The van der Waals surface area contributed by atoms with Crippen LogP contribution in [0.25, 0.3) is 0 Å². The average Bonchev–Trinajstić information content (AvgIpc) is 2.33. The van der Waals surface area contributed by atoms with E-state index in [9.17, 15) is 4.79 Å². The monoisotopic (exact) mass is 227 g/mol. The Morgan fingerprint density at radius 1 is 1.00 bits per heavy atom. The van der Waals surface area contributed by atoms with Gasteiger partial charge in [0.15, 0.2) is 0 Å². The molecule has 3 heteroatoms. The molecule has 0 unspecified atom stereocenters. The molecule has 17 heavy (non-hydrogen) atoms. The molecule has 2 N–H and O–H groups in total. The van der Waals surface area contributed by atoms with Crippen molar-refractivity contribution in [2.45, 2.75) is 6.42 Å². The molecule has 3 nitrogen and oxygen atoms in total. The molecule has 86 valence electrons. The molecule has 0 spiro atoms. The number of nitrogens with two attached hydrogens (primary N) is 1. The van der Waals surface area contributed by atoms with E-state index in [4.69, 9.17) is 10.5 Å². The van der Waals surface area contributed by atoms with Gasteiger partial charge < -0.3 is 10.5 Å². The van der Waals surface area contributed by atoms with Crippen LogP contribution in [0.15, 0.2) is 54.6 Å². The highest BCUT2D eigenvalue weighted by molar-refractivity contribution is 5.75. The number of anilines is 1. The SMILES string of the molecule is Nc1ccc(OC(=O)Cc2ccccc2)cc1. The van der Waals surface area contributed by atoms with Crippen molar-refractivity contribution in [3.05, 3.63) is 60.2 Å². The molecular weight excluding hydrogens is 214 g/mol. The Hall–Kier alpha value is -2.29. The molecule has 2 rings (SSSR count). The molecule has 0 aliphatic carbocycles. The van der Waals surface area contributed by atoms with Crippen LogP contribution in [0.3, 0.4) is 0 Å². The van der Waals surface area contributed by atoms with Crippen molar-refractivity contribution in [2.24, 2.45) is 0 Å². The van der Waals surface area contributed by atoms with Crippen molar-refractivity contribution in [1.82, 2.24) is 0 Å². The fraction of sp³-hybridized carbons (Fsp3) is 0.0714. The van der Waals surface area contributed by atoms with Gasteiger partial charge in [0.1, 0.15) is 5.75 Å². The summed E-state index contributed by atoms with van der Waals surface area (Å²) in [4.78, 5) is 11.6. The van der Waals surface area contributed by atoms with E-state index < -0.39 is 0 Å². The normalized spacial score (nSPS) is 9.88. The highest BCUT2D eigenvalue weighted by Gasteiger charge is 2.05. The van der Waals surface area contributed by atoms with Crippen LogP contribution < -0.4 is 10.5 Å². The van der Waals surface area contributed by atoms with Gasteiger partial charge in [0.05, 0.1) is 6.42 Å². The summed E-state index contributed by atoms with van der Waals surface area (Å²) in [5, 5.41) is 0. The van der Waals surface area contributed by atoms with Gasteiger partial charge in [0, 0.05) is 5.69 Å². The lowest BCUT2D eigenvalue weighted by Crippen LogP contribution is -2.11. The summed E-state index contributed by atoms with van der Waals surface area (Å²) in [6.45, 7) is 0. The first-order valence-electron chi connectivity index (χ1n) is 5.34. The van der Waals surface area contributed by atoms with E-state index in [1.165, 1.54) is 0 Å². The number of carbonyl (C=O) groups excluding carboxylic acids is 1. The number of nitrogen functional groups attached to an aromatic ring is 1. The number of benzene rings is 2. The standard InChI is InChI=1S/C14H13NO2/c15-12-6-8-13(9-7-12)17-14(16)10-11-4-2-1-3-5-11/h1-9H,10,15H2. The van der Waals surface area contributed by atoms with E-state index in [2.05, 4.69) is 0 Å². The summed E-state index contributed by atoms with van der Waals surface area (Å²) in [7, 11) is 0. The number of hydrogen-bond donors (Lipinski definition) is 1. The summed E-state index contributed by atoms with van der Waals surface area (Å²) in [5.74, 6) is 0.237. The quantitative estimate of drug-likeness (QED) is 0.497. The van der Waals surface area contributed by atoms with Crippen LogP contribution in [0.5, 0.6) is 5.75 Å². The Labute approximate surface area is 99.8 Å². The molecular formula is C14H13NO2. The Bertz CT molecular complexity index is 491. The predicted octanol–water partition coefficient (Wildman–Crippen LogP) is 2.42. The Morgan fingerprint density at radius 3 is 2.29 bits per heavy atom. The number of rotatable bonds is 3. The number of hydrogen-bond acceptors (Lipinski definition) is 3. The van der Waals surface area contributed by atoms with Gasteiger partial charge in [-0.2, -0.15) is 0 Å². The lowest BCUT2D eigenvalue weighted by atomic mass is 10.2. The molecule has 0 amide bonds. The van der Waals surface area contributed by atoms with Gasteiger partial charge in [-0.1, -0.05) is 30.3 Å². The third-order valence-electron chi connectivity index (χ3n) is 2.30. The van der Waals surface area contributed by atoms with Gasteiger partial charge >= 0.3 is 5.97 Å². The van der Waals surface area contributed by atoms with Gasteiger partial charge in [0.25, 0.3) is 0 Å². The smallest absolute Gasteiger partial charge is 0.315 e. The highest BCUT2D eigenvalue weighted by atomic mass is 16.5. The summed E-state index contributed by atoms with van der Waals surface area (Å²) < 4.78 is 5.18. The van der Waals surface area contributed by atoms with Crippen molar-refractivity contribution >= 4 is 11.7 Å². The zero-order valence-electron chi connectivity index (χ0n) is 9.30. The van der Waals surface area contributed by atoms with Gasteiger partial charge in [-0.3, -0.25) is 4.79 Å². The second kappa shape index (κ2) is 5.16. The van der Waals surface area contributed by atoms with Gasteiger partial charge in [0.2, 0.25) is 0 Å². The summed E-state index contributed by atoms with van der Waals surface area (Å²) in [6, 6.07) is 16.2. The molecule has 2 aromatic rings. The zero-order valence-corrected chi connectivity index (χ0v) is 9.30. The van der Waals surface area contributed by atoms with E-state index in [0.717, 1.165) is 5.56 Å². The second-order valence-corrected chi connectivity index (χ2v) is 3.71. The minimum atomic E-state index is -0.277. The number of esters is 1. The van der Waals surface area contributed by atoms with Gasteiger partial charge in [-0.25, -0.2) is 0 Å². The van der Waals surface area contributed by atoms with E-state index in [1.807, 2.05) is 30.3 Å². The molecule has 0 heterocycles. The Kier molecular flexibility index (Phi) is 3.40. The van der Waals surface area contributed by atoms with Crippen molar-refractivity contribution < 1.29 is 9.53 Å². The summed E-state index contributed by atoms with van der Waals surface area (Å²) >= 11 is 0. The van der Waals surface area contributed by atoms with Crippen LogP contribution in [-0.4, -0.2) is 5.97 Å². The molecule has 2 aromatic carbocycles. The molecule has 0 saturated carbocycles. The van der Waals surface area contributed by atoms with Crippen molar-refractivity contribution in [3.63, 3.8) is 0 Å². The summed E-state index contributed by atoms with van der Waals surface area (Å²) in [6.07, 6.45) is 0.269. The molecule has 0 aromatic heterocycles. The second-order valence-electron chi connectivity index (χ2n) is 3.71. The minimum absolute atomic E-state index is 0.269. The van der Waals surface area contributed by atoms with Gasteiger partial charge in [-0.15, -0.1) is 0 Å². The third-order valence-corrected chi connectivity index (χ3v) is 2.30. The molecule has 0 saturated heterocycles. The Balaban J connectivity index is 1.96. The molecule has 0 bridgehead atoms.